The molecule has 0 spiro atoms. The molecule has 0 unspecified atom stereocenters. The minimum absolute atomic E-state index is 0.0163. The highest BCUT2D eigenvalue weighted by Crippen LogP contribution is 2.44. The van der Waals surface area contributed by atoms with Crippen molar-refractivity contribution in [3.8, 4) is 27.5 Å². The van der Waals surface area contributed by atoms with E-state index < -0.39 is 0 Å². The number of nitrogens with zero attached hydrogens (tertiary/aromatic N) is 5. The number of carbonyl (C=O) groups is 2. The van der Waals surface area contributed by atoms with Crippen LogP contribution >= 0.6 is 27.3 Å². The van der Waals surface area contributed by atoms with Gasteiger partial charge in [-0.25, -0.2) is 9.67 Å². The van der Waals surface area contributed by atoms with Crippen LogP contribution in [0.15, 0.2) is 47.2 Å². The van der Waals surface area contributed by atoms with Crippen LogP contribution in [0.25, 0.3) is 27.5 Å². The van der Waals surface area contributed by atoms with Crippen LogP contribution in [-0.4, -0.2) is 62.8 Å². The Hall–Kier alpha value is -3.41. The average Bonchev–Trinajstić information content (AvgIpc) is 3.53. The Balaban J connectivity index is 1.43. The van der Waals surface area contributed by atoms with Crippen LogP contribution in [-0.2, 0) is 22.4 Å². The molecule has 0 bridgehead atoms. The van der Waals surface area contributed by atoms with Crippen molar-refractivity contribution in [2.75, 3.05) is 25.6 Å². The number of thiazole rings is 1. The van der Waals surface area contributed by atoms with Gasteiger partial charge in [-0.3, -0.25) is 14.6 Å². The van der Waals surface area contributed by atoms with Gasteiger partial charge in [-0.1, -0.05) is 11.3 Å². The number of hydrogen-bond acceptors (Lipinski definition) is 7. The lowest BCUT2D eigenvalue weighted by molar-refractivity contribution is -0.114. The Morgan fingerprint density at radius 3 is 2.74 bits per heavy atom. The molecule has 39 heavy (non-hydrogen) atoms. The molecule has 200 valence electrons. The number of halogens is 1. The van der Waals surface area contributed by atoms with E-state index in [0.29, 0.717) is 23.9 Å². The number of fused-ring (bicyclic) bond motifs is 3. The van der Waals surface area contributed by atoms with Gasteiger partial charge in [0.15, 0.2) is 5.13 Å². The molecule has 0 saturated carbocycles. The van der Waals surface area contributed by atoms with Crippen molar-refractivity contribution in [1.29, 1.82) is 0 Å². The minimum atomic E-state index is -0.153. The van der Waals surface area contributed by atoms with Gasteiger partial charge in [-0.15, -0.1) is 0 Å². The standard InChI is InChI=1S/C28H27BrN6O3S/c1-16(36)31-28-32-22-7-6-20-24(18-4-3-11-30-15-18)33-35(25(20)26(22)39-28)23-8-5-17(14-21(23)29)27(37)34(2)19-9-12-38-13-10-19/h3-5,8,11,14-15,19H,6-7,9-10,12-13H2,1-2H3,(H,31,32,36). The fourth-order valence-electron chi connectivity index (χ4n) is 5.24. The number of ether oxygens (including phenoxy) is 1. The number of anilines is 1. The second-order valence-electron chi connectivity index (χ2n) is 9.73. The van der Waals surface area contributed by atoms with Crippen molar-refractivity contribution in [1.82, 2.24) is 24.6 Å². The molecule has 4 aromatic rings. The maximum absolute atomic E-state index is 13.3. The first-order chi connectivity index (χ1) is 18.9. The third-order valence-electron chi connectivity index (χ3n) is 7.21. The molecule has 1 aliphatic carbocycles. The molecule has 1 aliphatic heterocycles. The molecule has 1 N–H and O–H groups in total. The number of pyridine rings is 1. The number of hydrogen-bond donors (Lipinski definition) is 1. The molecule has 3 aromatic heterocycles. The molecule has 2 aliphatic rings. The summed E-state index contributed by atoms with van der Waals surface area (Å²) < 4.78 is 8.14. The first-order valence-corrected chi connectivity index (χ1v) is 14.5. The average molecular weight is 608 g/mol. The smallest absolute Gasteiger partial charge is 0.253 e. The molecular formula is C28H27BrN6O3S. The Bertz CT molecular complexity index is 1560. The van der Waals surface area contributed by atoms with Gasteiger partial charge in [0.2, 0.25) is 5.91 Å². The van der Waals surface area contributed by atoms with Gasteiger partial charge in [-0.2, -0.15) is 5.10 Å². The van der Waals surface area contributed by atoms with E-state index in [1.165, 1.54) is 18.3 Å². The second kappa shape index (κ2) is 10.6. The predicted octanol–water partition coefficient (Wildman–Crippen LogP) is 5.13. The highest BCUT2D eigenvalue weighted by molar-refractivity contribution is 9.10. The largest absolute Gasteiger partial charge is 0.381 e. The molecule has 0 radical (unpaired) electrons. The fourth-order valence-corrected chi connectivity index (χ4v) is 6.90. The topological polar surface area (TPSA) is 102 Å². The normalized spacial score (nSPS) is 14.9. The van der Waals surface area contributed by atoms with Gasteiger partial charge in [0.25, 0.3) is 5.91 Å². The summed E-state index contributed by atoms with van der Waals surface area (Å²) in [7, 11) is 1.86. The molecular weight excluding hydrogens is 580 g/mol. The van der Waals surface area contributed by atoms with E-state index >= 15 is 0 Å². The van der Waals surface area contributed by atoms with E-state index in [9.17, 15) is 9.59 Å². The first kappa shape index (κ1) is 25.8. The maximum Gasteiger partial charge on any atom is 0.253 e. The maximum atomic E-state index is 13.3. The van der Waals surface area contributed by atoms with Crippen LogP contribution in [0.3, 0.4) is 0 Å². The highest BCUT2D eigenvalue weighted by Gasteiger charge is 2.31. The molecule has 4 heterocycles. The van der Waals surface area contributed by atoms with Crippen LogP contribution in [0.4, 0.5) is 5.13 Å². The Kier molecular flexibility index (Phi) is 7.05. The van der Waals surface area contributed by atoms with Crippen LogP contribution in [0, 0.1) is 0 Å². The predicted molar refractivity (Wildman–Crippen MR) is 153 cm³/mol. The third kappa shape index (κ3) is 4.90. The lowest BCUT2D eigenvalue weighted by Crippen LogP contribution is -2.40. The Morgan fingerprint density at radius 1 is 1.21 bits per heavy atom. The van der Waals surface area contributed by atoms with Crippen molar-refractivity contribution in [2.24, 2.45) is 0 Å². The van der Waals surface area contributed by atoms with Gasteiger partial charge in [0, 0.05) is 66.8 Å². The SMILES string of the molecule is CC(=O)Nc1nc2c(s1)-c1c(c(-c3cccnc3)nn1-c1ccc(C(=O)N(C)C3CCOCC3)cc1Br)CC2. The van der Waals surface area contributed by atoms with Crippen LogP contribution < -0.4 is 5.32 Å². The summed E-state index contributed by atoms with van der Waals surface area (Å²) >= 11 is 5.19. The van der Waals surface area contributed by atoms with Gasteiger partial charge in [0.05, 0.1) is 27.6 Å². The zero-order chi connectivity index (χ0) is 27.1. The van der Waals surface area contributed by atoms with Crippen LogP contribution in [0.1, 0.15) is 41.4 Å². The number of nitrogens with one attached hydrogen (secondary N) is 1. The third-order valence-corrected chi connectivity index (χ3v) is 8.86. The zero-order valence-corrected chi connectivity index (χ0v) is 24.0. The van der Waals surface area contributed by atoms with E-state index in [0.717, 1.165) is 68.9 Å². The summed E-state index contributed by atoms with van der Waals surface area (Å²) in [6.45, 7) is 2.84. The quantitative estimate of drug-likeness (QED) is 0.338. The molecule has 1 saturated heterocycles. The summed E-state index contributed by atoms with van der Waals surface area (Å²) in [4.78, 5) is 36.8. The lowest BCUT2D eigenvalue weighted by atomic mass is 9.95. The van der Waals surface area contributed by atoms with E-state index in [4.69, 9.17) is 14.8 Å². The molecule has 1 aromatic carbocycles. The summed E-state index contributed by atoms with van der Waals surface area (Å²) in [6.07, 6.45) is 6.77. The fraction of sp³-hybridized carbons (Fsp3) is 0.321. The molecule has 2 amide bonds. The Morgan fingerprint density at radius 2 is 2.03 bits per heavy atom. The number of amides is 2. The van der Waals surface area contributed by atoms with Crippen molar-refractivity contribution in [3.05, 3.63) is 64.0 Å². The van der Waals surface area contributed by atoms with Crippen LogP contribution in [0.2, 0.25) is 0 Å². The molecule has 11 heteroatoms. The monoisotopic (exact) mass is 606 g/mol. The summed E-state index contributed by atoms with van der Waals surface area (Å²) in [5.74, 6) is -0.169. The minimum Gasteiger partial charge on any atom is -0.381 e. The van der Waals surface area contributed by atoms with Crippen molar-refractivity contribution in [3.63, 3.8) is 0 Å². The second-order valence-corrected chi connectivity index (χ2v) is 11.6. The van der Waals surface area contributed by atoms with E-state index in [1.807, 2.05) is 53.2 Å². The van der Waals surface area contributed by atoms with E-state index in [-0.39, 0.29) is 17.9 Å². The van der Waals surface area contributed by atoms with Crippen LogP contribution in [0.5, 0.6) is 0 Å². The molecule has 0 atom stereocenters. The number of carbonyl (C=O) groups excluding carboxylic acids is 2. The van der Waals surface area contributed by atoms with Crippen molar-refractivity contribution in [2.45, 2.75) is 38.6 Å². The number of rotatable bonds is 5. The number of aryl methyl sites for hydroxylation is 1. The highest BCUT2D eigenvalue weighted by atomic mass is 79.9. The first-order valence-electron chi connectivity index (χ1n) is 12.9. The van der Waals surface area contributed by atoms with Gasteiger partial charge in [0.1, 0.15) is 0 Å². The molecule has 9 nitrogen and oxygen atoms in total. The van der Waals surface area contributed by atoms with Gasteiger partial charge >= 0.3 is 0 Å². The van der Waals surface area contributed by atoms with E-state index in [1.54, 1.807) is 6.20 Å². The lowest BCUT2D eigenvalue weighted by Gasteiger charge is -2.31. The summed E-state index contributed by atoms with van der Waals surface area (Å²) in [6, 6.07) is 9.74. The number of benzene rings is 1. The molecule has 6 rings (SSSR count). The zero-order valence-electron chi connectivity index (χ0n) is 21.6. The van der Waals surface area contributed by atoms with E-state index in [2.05, 4.69) is 26.2 Å². The van der Waals surface area contributed by atoms with Gasteiger partial charge in [-0.05, 0) is 71.9 Å². The Labute approximate surface area is 238 Å². The van der Waals surface area contributed by atoms with Crippen molar-refractivity contribution < 1.29 is 14.3 Å². The molecule has 1 fully saturated rings. The van der Waals surface area contributed by atoms with Crippen molar-refractivity contribution >= 4 is 44.2 Å². The summed E-state index contributed by atoms with van der Waals surface area (Å²) in [5.41, 5.74) is 6.22. The number of aromatic nitrogens is 4. The van der Waals surface area contributed by atoms with Gasteiger partial charge < -0.3 is 15.0 Å². The summed E-state index contributed by atoms with van der Waals surface area (Å²) in [5, 5.41) is 8.48.